The van der Waals surface area contributed by atoms with Gasteiger partial charge in [-0.05, 0) is 0 Å². The number of hydrogen-bond donors (Lipinski definition) is 0. The summed E-state index contributed by atoms with van der Waals surface area (Å²) in [6, 6.07) is 0. The molecule has 0 aromatic rings. The molecule has 0 fully saturated rings. The number of rotatable bonds is 0. The summed E-state index contributed by atoms with van der Waals surface area (Å²) in [6.45, 7) is 0. The summed E-state index contributed by atoms with van der Waals surface area (Å²) in [6.07, 6.45) is 0. The summed E-state index contributed by atoms with van der Waals surface area (Å²) in [7, 11) is 0. The molecule has 0 saturated carbocycles. The van der Waals surface area contributed by atoms with Gasteiger partial charge in [-0.1, -0.05) is 0 Å². The fourth-order valence-electron chi connectivity index (χ4n) is 0. The summed E-state index contributed by atoms with van der Waals surface area (Å²) in [4.78, 5) is 0. The van der Waals surface area contributed by atoms with Gasteiger partial charge in [0.15, 0.2) is 0 Å². The average molecular weight is 310 g/mol. The molecule has 0 aromatic heterocycles. The van der Waals surface area contributed by atoms with E-state index < -0.39 is 0 Å². The first-order chi connectivity index (χ1) is 0. The summed E-state index contributed by atoms with van der Waals surface area (Å²) in [5.74, 6) is 0. The van der Waals surface area contributed by atoms with Gasteiger partial charge < -0.3 is 11.0 Å². The quantitative estimate of drug-likeness (QED) is 0.593. The molecule has 2 nitrogen and oxygen atoms in total. The van der Waals surface area contributed by atoms with Crippen LogP contribution in [0.25, 0.3) is 0 Å². The molecule has 0 rings (SSSR count). The maximum absolute atomic E-state index is 0. The van der Waals surface area contributed by atoms with E-state index in [-0.39, 0.29) is 82.2 Å². The van der Waals surface area contributed by atoms with E-state index in [4.69, 9.17) is 0 Å². The molecule has 0 N–H and O–H groups in total. The second-order valence-corrected chi connectivity index (χ2v) is 0. The van der Waals surface area contributed by atoms with Crippen molar-refractivity contribution in [3.8, 4) is 0 Å². The van der Waals surface area contributed by atoms with Gasteiger partial charge in [0.05, 0.1) is 0 Å². The molecule has 0 saturated heterocycles. The fourth-order valence-corrected chi connectivity index (χ4v) is 0. The predicted octanol–water partition coefficient (Wildman–Crippen LogP) is -0.238. The summed E-state index contributed by atoms with van der Waals surface area (Å²) in [5.41, 5.74) is 0. The second-order valence-electron chi connectivity index (χ2n) is 0. The van der Waals surface area contributed by atoms with E-state index in [0.29, 0.717) is 0 Å². The van der Waals surface area contributed by atoms with Gasteiger partial charge in [0, 0.05) is 0 Å². The molecular formula is La2O2+2. The van der Waals surface area contributed by atoms with Crippen LogP contribution in [0.5, 0.6) is 0 Å². The van der Waals surface area contributed by atoms with Crippen LogP contribution in [0.15, 0.2) is 0 Å². The molecule has 0 aliphatic rings. The van der Waals surface area contributed by atoms with Crippen molar-refractivity contribution in [2.75, 3.05) is 0 Å². The van der Waals surface area contributed by atoms with Crippen molar-refractivity contribution in [3.63, 3.8) is 0 Å². The van der Waals surface area contributed by atoms with Gasteiger partial charge in [-0.25, -0.2) is 0 Å². The minimum Gasteiger partial charge on any atom is -2.00 e. The van der Waals surface area contributed by atoms with Crippen LogP contribution in [0, 0.1) is 71.2 Å². The third-order valence-corrected chi connectivity index (χ3v) is 0. The predicted molar refractivity (Wildman–Crippen MR) is 1.37 cm³/mol. The third kappa shape index (κ3) is 8.85. The zero-order chi connectivity index (χ0) is 0. The molecule has 0 heterocycles. The van der Waals surface area contributed by atoms with E-state index in [1.807, 2.05) is 0 Å². The zero-order valence-electron chi connectivity index (χ0n) is 1.97. The standard InChI is InChI=1S/2La.2O/q2*+3;2*-2. The fraction of sp³-hybridized carbons (Fsp3) is 0. The van der Waals surface area contributed by atoms with Gasteiger partial charge in [-0.15, -0.1) is 0 Å². The molecule has 0 aliphatic carbocycles. The molecule has 0 amide bonds. The first kappa shape index (κ1) is 33.3. The SMILES string of the molecule is [La+3].[La+3].[O-2].[O-2]. The monoisotopic (exact) mass is 310 g/mol. The van der Waals surface area contributed by atoms with E-state index in [1.54, 1.807) is 0 Å². The van der Waals surface area contributed by atoms with Crippen LogP contribution in [0.4, 0.5) is 0 Å². The summed E-state index contributed by atoms with van der Waals surface area (Å²) in [5, 5.41) is 0. The van der Waals surface area contributed by atoms with Crippen molar-refractivity contribution in [2.45, 2.75) is 0 Å². The zero-order valence-corrected chi connectivity index (χ0v) is 9.22. The average Bonchev–Trinajstić information content (AvgIpc) is 0. The Hall–Kier alpha value is 2.31. The summed E-state index contributed by atoms with van der Waals surface area (Å²) >= 11 is 0. The van der Waals surface area contributed by atoms with Gasteiger partial charge >= 0.3 is 71.2 Å². The van der Waals surface area contributed by atoms with E-state index >= 15 is 0 Å². The van der Waals surface area contributed by atoms with Crippen molar-refractivity contribution in [1.29, 1.82) is 0 Å². The van der Waals surface area contributed by atoms with Crippen molar-refractivity contribution < 1.29 is 82.2 Å². The van der Waals surface area contributed by atoms with Gasteiger partial charge in [-0.2, -0.15) is 0 Å². The molecule has 0 aromatic carbocycles. The van der Waals surface area contributed by atoms with Crippen molar-refractivity contribution >= 4 is 0 Å². The van der Waals surface area contributed by atoms with Crippen LogP contribution in [0.3, 0.4) is 0 Å². The van der Waals surface area contributed by atoms with Gasteiger partial charge in [0.1, 0.15) is 0 Å². The molecule has 4 heteroatoms. The second kappa shape index (κ2) is 18.5. The number of hydrogen-bond acceptors (Lipinski definition) is 0. The molecule has 0 aliphatic heterocycles. The van der Waals surface area contributed by atoms with Gasteiger partial charge in [0.25, 0.3) is 0 Å². The minimum absolute atomic E-state index is 0. The van der Waals surface area contributed by atoms with Crippen LogP contribution in [-0.4, -0.2) is 0 Å². The van der Waals surface area contributed by atoms with Crippen molar-refractivity contribution in [3.05, 3.63) is 0 Å². The van der Waals surface area contributed by atoms with Crippen molar-refractivity contribution in [2.24, 2.45) is 0 Å². The van der Waals surface area contributed by atoms with Crippen LogP contribution < -0.4 is 0 Å². The minimum atomic E-state index is 0. The van der Waals surface area contributed by atoms with Crippen molar-refractivity contribution in [1.82, 2.24) is 0 Å². The van der Waals surface area contributed by atoms with Crippen LogP contribution in [0.1, 0.15) is 0 Å². The molecule has 0 spiro atoms. The van der Waals surface area contributed by atoms with Crippen LogP contribution in [-0.2, 0) is 11.0 Å². The molecule has 0 unspecified atom stereocenters. The third-order valence-electron chi connectivity index (χ3n) is 0. The normalized spacial score (nSPS) is 0. The largest absolute Gasteiger partial charge is 3.00 e. The Labute approximate surface area is 80.5 Å². The molecule has 0 atom stereocenters. The first-order valence-electron chi connectivity index (χ1n) is 0. The Kier molecular flexibility index (Phi) is 154. The maximum Gasteiger partial charge on any atom is 3.00 e. The Morgan fingerprint density at radius 3 is 0.500 bits per heavy atom. The Morgan fingerprint density at radius 2 is 0.500 bits per heavy atom. The first-order valence-corrected chi connectivity index (χ1v) is 0. The Balaban J connectivity index is 0. The van der Waals surface area contributed by atoms with E-state index in [9.17, 15) is 0 Å². The van der Waals surface area contributed by atoms with E-state index in [0.717, 1.165) is 0 Å². The smallest absolute Gasteiger partial charge is 2.00 e. The van der Waals surface area contributed by atoms with Crippen LogP contribution >= 0.6 is 0 Å². The molecule has 16 valence electrons. The Morgan fingerprint density at radius 1 is 0.500 bits per heavy atom. The molecule has 4 heavy (non-hydrogen) atoms. The summed E-state index contributed by atoms with van der Waals surface area (Å²) < 4.78 is 0. The Bertz CT molecular complexity index is 4.00. The molecular weight excluding hydrogens is 310 g/mol. The van der Waals surface area contributed by atoms with E-state index in [2.05, 4.69) is 0 Å². The van der Waals surface area contributed by atoms with Gasteiger partial charge in [0.2, 0.25) is 0 Å². The van der Waals surface area contributed by atoms with E-state index in [1.165, 1.54) is 0 Å². The molecule has 0 bridgehead atoms. The van der Waals surface area contributed by atoms with Crippen LogP contribution in [0.2, 0.25) is 0 Å². The topological polar surface area (TPSA) is 57.0 Å². The molecule has 0 radical (unpaired) electrons. The maximum atomic E-state index is 0. The van der Waals surface area contributed by atoms with Gasteiger partial charge in [-0.3, -0.25) is 0 Å².